The van der Waals surface area contributed by atoms with E-state index in [1.165, 1.54) is 0 Å². The number of halogens is 1. The quantitative estimate of drug-likeness (QED) is 0.870. The molecule has 6 heteroatoms. The Labute approximate surface area is 103 Å². The van der Waals surface area contributed by atoms with Crippen LogP contribution in [0.15, 0.2) is 12.1 Å². The summed E-state index contributed by atoms with van der Waals surface area (Å²) < 4.78 is 4.91. The first-order chi connectivity index (χ1) is 7.90. The van der Waals surface area contributed by atoms with Gasteiger partial charge >= 0.3 is 12.1 Å². The summed E-state index contributed by atoms with van der Waals surface area (Å²) in [7, 11) is 0. The first kappa shape index (κ1) is 13.3. The molecule has 0 heterocycles. The van der Waals surface area contributed by atoms with Gasteiger partial charge in [-0.1, -0.05) is 11.6 Å². The number of carboxylic acid groups (broad SMARTS) is 1. The molecule has 1 amide bonds. The average Bonchev–Trinajstić information content (AvgIpc) is 2.23. The van der Waals surface area contributed by atoms with Crippen molar-refractivity contribution in [1.29, 1.82) is 0 Å². The molecule has 0 atom stereocenters. The molecule has 92 valence electrons. The number of aliphatic carboxylic acids is 1. The highest BCUT2D eigenvalue weighted by atomic mass is 35.5. The number of amides is 1. The zero-order valence-corrected chi connectivity index (χ0v) is 10.2. The lowest BCUT2D eigenvalue weighted by Gasteiger charge is -2.08. The monoisotopic (exact) mass is 257 g/mol. The van der Waals surface area contributed by atoms with E-state index in [-0.39, 0.29) is 0 Å². The number of ether oxygens (including phenoxy) is 1. The van der Waals surface area contributed by atoms with E-state index in [0.29, 0.717) is 10.8 Å². The molecule has 17 heavy (non-hydrogen) atoms. The summed E-state index contributed by atoms with van der Waals surface area (Å²) in [5, 5.41) is 11.1. The van der Waals surface area contributed by atoms with E-state index >= 15 is 0 Å². The Morgan fingerprint density at radius 1 is 1.35 bits per heavy atom. The standard InChI is InChI=1S/C11H12ClNO4/c1-6-3-8(4-7(2)10(6)12)17-11(16)13-5-9(14)15/h3-4H,5H2,1-2H3,(H,13,16)(H,14,15). The van der Waals surface area contributed by atoms with Crippen LogP contribution in [-0.2, 0) is 4.79 Å². The Morgan fingerprint density at radius 2 is 1.88 bits per heavy atom. The molecule has 5 nitrogen and oxygen atoms in total. The van der Waals surface area contributed by atoms with E-state index in [1.807, 2.05) is 0 Å². The van der Waals surface area contributed by atoms with E-state index in [9.17, 15) is 9.59 Å². The van der Waals surface area contributed by atoms with Gasteiger partial charge in [-0.25, -0.2) is 4.79 Å². The molecule has 0 radical (unpaired) electrons. The number of carboxylic acids is 1. The van der Waals surface area contributed by atoms with Crippen LogP contribution >= 0.6 is 11.6 Å². The zero-order valence-electron chi connectivity index (χ0n) is 9.41. The SMILES string of the molecule is Cc1cc(OC(=O)NCC(=O)O)cc(C)c1Cl. The second-order valence-corrected chi connectivity index (χ2v) is 3.89. The van der Waals surface area contributed by atoms with Gasteiger partial charge in [0.25, 0.3) is 0 Å². The van der Waals surface area contributed by atoms with Gasteiger partial charge in [0.1, 0.15) is 12.3 Å². The third kappa shape index (κ3) is 3.96. The number of hydrogen-bond acceptors (Lipinski definition) is 3. The molecular formula is C11H12ClNO4. The lowest BCUT2D eigenvalue weighted by molar-refractivity contribution is -0.135. The summed E-state index contributed by atoms with van der Waals surface area (Å²) in [5.74, 6) is -0.808. The molecule has 0 saturated carbocycles. The molecule has 1 rings (SSSR count). The van der Waals surface area contributed by atoms with Crippen LogP contribution in [0.5, 0.6) is 5.75 Å². The summed E-state index contributed by atoms with van der Waals surface area (Å²) in [6, 6.07) is 3.21. The van der Waals surface area contributed by atoms with Gasteiger partial charge in [-0.2, -0.15) is 0 Å². The topological polar surface area (TPSA) is 75.6 Å². The van der Waals surface area contributed by atoms with Crippen molar-refractivity contribution in [1.82, 2.24) is 5.32 Å². The molecule has 0 spiro atoms. The van der Waals surface area contributed by atoms with Crippen molar-refractivity contribution in [3.05, 3.63) is 28.3 Å². The van der Waals surface area contributed by atoms with Gasteiger partial charge in [0.15, 0.2) is 0 Å². The molecule has 1 aromatic rings. The van der Waals surface area contributed by atoms with E-state index in [2.05, 4.69) is 5.32 Å². The maximum Gasteiger partial charge on any atom is 0.413 e. The lowest BCUT2D eigenvalue weighted by Crippen LogP contribution is -2.31. The van der Waals surface area contributed by atoms with Crippen LogP contribution in [-0.4, -0.2) is 23.7 Å². The summed E-state index contributed by atoms with van der Waals surface area (Å²) in [5.41, 5.74) is 1.57. The van der Waals surface area contributed by atoms with Crippen molar-refractivity contribution in [3.63, 3.8) is 0 Å². The third-order valence-electron chi connectivity index (χ3n) is 2.00. The maximum absolute atomic E-state index is 11.2. The van der Waals surface area contributed by atoms with Gasteiger partial charge in [0.05, 0.1) is 0 Å². The number of carbonyl (C=O) groups is 2. The van der Waals surface area contributed by atoms with Crippen molar-refractivity contribution < 1.29 is 19.4 Å². The fourth-order valence-electron chi connectivity index (χ4n) is 1.26. The number of rotatable bonds is 3. The fourth-order valence-corrected chi connectivity index (χ4v) is 1.37. The number of benzene rings is 1. The number of nitrogens with one attached hydrogen (secondary N) is 1. The van der Waals surface area contributed by atoms with Gasteiger partial charge < -0.3 is 15.2 Å². The smallest absolute Gasteiger partial charge is 0.413 e. The highest BCUT2D eigenvalue weighted by Gasteiger charge is 2.09. The normalized spacial score (nSPS) is 9.82. The largest absolute Gasteiger partial charge is 0.480 e. The van der Waals surface area contributed by atoms with Crippen molar-refractivity contribution in [2.75, 3.05) is 6.54 Å². The minimum absolute atomic E-state index is 0.326. The lowest BCUT2D eigenvalue weighted by atomic mass is 10.1. The molecule has 0 aliphatic heterocycles. The predicted octanol–water partition coefficient (Wildman–Crippen LogP) is 2.13. The Bertz CT molecular complexity index is 436. The average molecular weight is 258 g/mol. The van der Waals surface area contributed by atoms with Crippen molar-refractivity contribution >= 4 is 23.7 Å². The van der Waals surface area contributed by atoms with E-state index in [4.69, 9.17) is 21.4 Å². The Hall–Kier alpha value is -1.75. The molecule has 0 bridgehead atoms. The van der Waals surface area contributed by atoms with E-state index in [0.717, 1.165) is 11.1 Å². The molecule has 0 saturated heterocycles. The Morgan fingerprint density at radius 3 is 2.35 bits per heavy atom. The molecule has 0 fully saturated rings. The molecule has 0 aromatic heterocycles. The van der Waals surface area contributed by atoms with Crippen LogP contribution in [0.25, 0.3) is 0 Å². The highest BCUT2D eigenvalue weighted by Crippen LogP contribution is 2.25. The minimum atomic E-state index is -1.13. The van der Waals surface area contributed by atoms with Crippen LogP contribution in [0.4, 0.5) is 4.79 Å². The van der Waals surface area contributed by atoms with Crippen LogP contribution < -0.4 is 10.1 Å². The second kappa shape index (κ2) is 5.54. The Balaban J connectivity index is 2.69. The number of carbonyl (C=O) groups excluding carboxylic acids is 1. The summed E-state index contributed by atoms with van der Waals surface area (Å²) in [6.07, 6.45) is -0.812. The van der Waals surface area contributed by atoms with E-state index < -0.39 is 18.6 Å². The van der Waals surface area contributed by atoms with Crippen LogP contribution in [0.3, 0.4) is 0 Å². The third-order valence-corrected chi connectivity index (χ3v) is 2.60. The molecule has 0 aliphatic carbocycles. The van der Waals surface area contributed by atoms with Gasteiger partial charge in [0.2, 0.25) is 0 Å². The first-order valence-corrected chi connectivity index (χ1v) is 5.22. The van der Waals surface area contributed by atoms with Crippen LogP contribution in [0.2, 0.25) is 5.02 Å². The van der Waals surface area contributed by atoms with Gasteiger partial charge in [-0.15, -0.1) is 0 Å². The Kier molecular flexibility index (Phi) is 4.34. The molecule has 0 unspecified atom stereocenters. The van der Waals surface area contributed by atoms with Crippen molar-refractivity contribution in [2.45, 2.75) is 13.8 Å². The van der Waals surface area contributed by atoms with Gasteiger partial charge in [-0.05, 0) is 37.1 Å². The molecule has 0 aliphatic rings. The van der Waals surface area contributed by atoms with Crippen molar-refractivity contribution in [3.8, 4) is 5.75 Å². The highest BCUT2D eigenvalue weighted by molar-refractivity contribution is 6.32. The van der Waals surface area contributed by atoms with Gasteiger partial charge in [-0.3, -0.25) is 4.79 Å². The maximum atomic E-state index is 11.2. The molecule has 2 N–H and O–H groups in total. The van der Waals surface area contributed by atoms with E-state index in [1.54, 1.807) is 26.0 Å². The second-order valence-electron chi connectivity index (χ2n) is 3.51. The minimum Gasteiger partial charge on any atom is -0.480 e. The number of aryl methyl sites for hydroxylation is 2. The zero-order chi connectivity index (χ0) is 13.0. The van der Waals surface area contributed by atoms with Crippen LogP contribution in [0.1, 0.15) is 11.1 Å². The molecule has 1 aromatic carbocycles. The fraction of sp³-hybridized carbons (Fsp3) is 0.273. The summed E-state index contributed by atoms with van der Waals surface area (Å²) in [4.78, 5) is 21.4. The van der Waals surface area contributed by atoms with Crippen molar-refractivity contribution in [2.24, 2.45) is 0 Å². The predicted molar refractivity (Wildman–Crippen MR) is 62.6 cm³/mol. The summed E-state index contributed by atoms with van der Waals surface area (Å²) >= 11 is 5.96. The van der Waals surface area contributed by atoms with Crippen LogP contribution in [0, 0.1) is 13.8 Å². The summed E-state index contributed by atoms with van der Waals surface area (Å²) in [6.45, 7) is 3.10. The molecular weight excluding hydrogens is 246 g/mol. The number of hydrogen-bond donors (Lipinski definition) is 2. The first-order valence-electron chi connectivity index (χ1n) is 4.84. The van der Waals surface area contributed by atoms with Gasteiger partial charge in [0, 0.05) is 5.02 Å².